The highest BCUT2D eigenvalue weighted by Gasteiger charge is 2.13. The monoisotopic (exact) mass is 192 g/mol. The van der Waals surface area contributed by atoms with Crippen LogP contribution in [-0.4, -0.2) is 17.9 Å². The van der Waals surface area contributed by atoms with E-state index in [4.69, 9.17) is 4.74 Å². The highest BCUT2D eigenvalue weighted by molar-refractivity contribution is 5.96. The van der Waals surface area contributed by atoms with E-state index in [1.807, 2.05) is 0 Å². The van der Waals surface area contributed by atoms with Gasteiger partial charge in [0.25, 0.3) is 0 Å². The van der Waals surface area contributed by atoms with Gasteiger partial charge >= 0.3 is 5.97 Å². The van der Waals surface area contributed by atoms with Crippen LogP contribution in [-0.2, 0) is 14.3 Å². The summed E-state index contributed by atoms with van der Waals surface area (Å²) < 4.78 is 4.97. The molecule has 0 saturated heterocycles. The fourth-order valence-electron chi connectivity index (χ4n) is 1.15. The molecule has 1 rings (SSSR count). The molecule has 0 bridgehead atoms. The molecule has 74 valence electrons. The Bertz CT molecular complexity index is 323. The molecule has 1 aliphatic carbocycles. The largest absolute Gasteiger partial charge is 0.455 e. The number of esters is 1. The van der Waals surface area contributed by atoms with Crippen molar-refractivity contribution in [3.63, 3.8) is 0 Å². The van der Waals surface area contributed by atoms with Gasteiger partial charge in [-0.1, -0.05) is 18.7 Å². The van der Waals surface area contributed by atoms with Crippen molar-refractivity contribution in [3.05, 3.63) is 36.5 Å². The minimum absolute atomic E-state index is 0.0229. The number of allylic oxidation sites excluding steroid dienone is 2. The lowest BCUT2D eigenvalue weighted by Gasteiger charge is -2.14. The van der Waals surface area contributed by atoms with Gasteiger partial charge in [0.15, 0.2) is 5.78 Å². The third-order valence-corrected chi connectivity index (χ3v) is 1.90. The zero-order valence-corrected chi connectivity index (χ0v) is 8.03. The molecule has 0 saturated carbocycles. The minimum Gasteiger partial charge on any atom is -0.455 e. The molecule has 0 amide bonds. The van der Waals surface area contributed by atoms with Crippen molar-refractivity contribution in [2.45, 2.75) is 19.4 Å². The first-order valence-electron chi connectivity index (χ1n) is 4.36. The second-order valence-electron chi connectivity index (χ2n) is 2.99. The van der Waals surface area contributed by atoms with Gasteiger partial charge in [0.1, 0.15) is 6.10 Å². The fraction of sp³-hybridized carbons (Fsp3) is 0.273. The number of ketones is 1. The van der Waals surface area contributed by atoms with E-state index in [0.717, 1.165) is 6.08 Å². The predicted octanol–water partition coefficient (Wildman–Crippen LogP) is 1.56. The van der Waals surface area contributed by atoms with Crippen molar-refractivity contribution in [2.75, 3.05) is 0 Å². The van der Waals surface area contributed by atoms with E-state index in [0.29, 0.717) is 12.0 Å². The molecule has 0 aromatic heterocycles. The van der Waals surface area contributed by atoms with Gasteiger partial charge in [-0.15, -0.1) is 0 Å². The van der Waals surface area contributed by atoms with Crippen molar-refractivity contribution >= 4 is 11.8 Å². The molecule has 1 atom stereocenters. The maximum absolute atomic E-state index is 10.9. The SMILES string of the molecule is C=CC(=O)OC1C=CC(C(C)=O)=CC1. The predicted molar refractivity (Wildman–Crippen MR) is 52.6 cm³/mol. The molecule has 0 radical (unpaired) electrons. The first kappa shape index (κ1) is 10.4. The normalized spacial score (nSPS) is 19.8. The summed E-state index contributed by atoms with van der Waals surface area (Å²) >= 11 is 0. The number of rotatable bonds is 3. The quantitative estimate of drug-likeness (QED) is 0.503. The maximum Gasteiger partial charge on any atom is 0.330 e. The number of carbonyl (C=O) groups is 2. The summed E-state index contributed by atoms with van der Waals surface area (Å²) in [5, 5.41) is 0. The Morgan fingerprint density at radius 3 is 2.79 bits per heavy atom. The van der Waals surface area contributed by atoms with Gasteiger partial charge in [0.2, 0.25) is 0 Å². The Kier molecular flexibility index (Phi) is 3.40. The van der Waals surface area contributed by atoms with Gasteiger partial charge in [-0.3, -0.25) is 4.79 Å². The summed E-state index contributed by atoms with van der Waals surface area (Å²) in [7, 11) is 0. The van der Waals surface area contributed by atoms with Gasteiger partial charge in [-0.05, 0) is 13.0 Å². The van der Waals surface area contributed by atoms with Crippen molar-refractivity contribution in [1.82, 2.24) is 0 Å². The second kappa shape index (κ2) is 4.56. The first-order chi connectivity index (χ1) is 6.63. The van der Waals surface area contributed by atoms with Crippen LogP contribution < -0.4 is 0 Å². The summed E-state index contributed by atoms with van der Waals surface area (Å²) in [6, 6.07) is 0. The number of hydrogen-bond acceptors (Lipinski definition) is 3. The molecular formula is C11H12O3. The van der Waals surface area contributed by atoms with Crippen molar-refractivity contribution < 1.29 is 14.3 Å². The average Bonchev–Trinajstić information content (AvgIpc) is 2.18. The van der Waals surface area contributed by atoms with E-state index >= 15 is 0 Å². The molecular weight excluding hydrogens is 180 g/mol. The topological polar surface area (TPSA) is 43.4 Å². The van der Waals surface area contributed by atoms with Gasteiger partial charge in [0, 0.05) is 18.1 Å². The van der Waals surface area contributed by atoms with Gasteiger partial charge < -0.3 is 4.74 Å². The maximum atomic E-state index is 10.9. The lowest BCUT2D eigenvalue weighted by atomic mass is 10.0. The fourth-order valence-corrected chi connectivity index (χ4v) is 1.15. The molecule has 1 unspecified atom stereocenters. The first-order valence-corrected chi connectivity index (χ1v) is 4.36. The van der Waals surface area contributed by atoms with E-state index < -0.39 is 5.97 Å². The second-order valence-corrected chi connectivity index (χ2v) is 2.99. The Hall–Kier alpha value is -1.64. The average molecular weight is 192 g/mol. The zero-order chi connectivity index (χ0) is 10.6. The zero-order valence-electron chi connectivity index (χ0n) is 8.03. The Morgan fingerprint density at radius 1 is 1.64 bits per heavy atom. The summed E-state index contributed by atoms with van der Waals surface area (Å²) in [4.78, 5) is 21.8. The van der Waals surface area contributed by atoms with Crippen LogP contribution in [0.3, 0.4) is 0 Å². The van der Waals surface area contributed by atoms with Crippen molar-refractivity contribution in [2.24, 2.45) is 0 Å². The molecule has 0 N–H and O–H groups in total. The molecule has 0 fully saturated rings. The molecule has 3 heteroatoms. The van der Waals surface area contributed by atoms with Crippen LogP contribution in [0, 0.1) is 0 Å². The van der Waals surface area contributed by atoms with Gasteiger partial charge in [-0.2, -0.15) is 0 Å². The number of ether oxygens (including phenoxy) is 1. The Morgan fingerprint density at radius 2 is 2.36 bits per heavy atom. The molecule has 14 heavy (non-hydrogen) atoms. The number of carbonyl (C=O) groups excluding carboxylic acids is 2. The van der Waals surface area contributed by atoms with Crippen LogP contribution in [0.1, 0.15) is 13.3 Å². The molecule has 0 aliphatic heterocycles. The van der Waals surface area contributed by atoms with E-state index in [9.17, 15) is 9.59 Å². The molecule has 0 heterocycles. The van der Waals surface area contributed by atoms with E-state index in [2.05, 4.69) is 6.58 Å². The Balaban J connectivity index is 2.52. The standard InChI is InChI=1S/C11H12O3/c1-3-11(13)14-10-6-4-9(5-7-10)8(2)12/h3-6,10H,1,7H2,2H3. The molecule has 0 spiro atoms. The van der Waals surface area contributed by atoms with Crippen molar-refractivity contribution in [3.8, 4) is 0 Å². The third kappa shape index (κ3) is 2.69. The summed E-state index contributed by atoms with van der Waals surface area (Å²) in [6.07, 6.45) is 6.54. The molecule has 0 aromatic carbocycles. The molecule has 3 nitrogen and oxygen atoms in total. The van der Waals surface area contributed by atoms with Crippen molar-refractivity contribution in [1.29, 1.82) is 0 Å². The van der Waals surface area contributed by atoms with E-state index in [1.54, 1.807) is 18.2 Å². The van der Waals surface area contributed by atoms with Crippen LogP contribution in [0.25, 0.3) is 0 Å². The smallest absolute Gasteiger partial charge is 0.330 e. The summed E-state index contributed by atoms with van der Waals surface area (Å²) in [5.41, 5.74) is 0.663. The van der Waals surface area contributed by atoms with E-state index in [1.165, 1.54) is 6.92 Å². The lowest BCUT2D eigenvalue weighted by Crippen LogP contribution is -2.16. The van der Waals surface area contributed by atoms with Crippen LogP contribution in [0.5, 0.6) is 0 Å². The van der Waals surface area contributed by atoms with Gasteiger partial charge in [-0.25, -0.2) is 4.79 Å². The highest BCUT2D eigenvalue weighted by Crippen LogP contribution is 2.14. The summed E-state index contributed by atoms with van der Waals surface area (Å²) in [6.45, 7) is 4.81. The lowest BCUT2D eigenvalue weighted by molar-refractivity contribution is -0.140. The van der Waals surface area contributed by atoms with E-state index in [-0.39, 0.29) is 11.9 Å². The minimum atomic E-state index is -0.445. The van der Waals surface area contributed by atoms with Gasteiger partial charge in [0.05, 0.1) is 0 Å². The van der Waals surface area contributed by atoms with Crippen LogP contribution in [0.4, 0.5) is 0 Å². The van der Waals surface area contributed by atoms with Crippen LogP contribution >= 0.6 is 0 Å². The number of hydrogen-bond donors (Lipinski definition) is 0. The molecule has 0 aromatic rings. The van der Waals surface area contributed by atoms with Crippen LogP contribution in [0.2, 0.25) is 0 Å². The van der Waals surface area contributed by atoms with Crippen LogP contribution in [0.15, 0.2) is 36.5 Å². The third-order valence-electron chi connectivity index (χ3n) is 1.90. The number of Topliss-reactive ketones (excluding diaryl/α,β-unsaturated/α-hetero) is 1. The Labute approximate surface area is 82.8 Å². The molecule has 1 aliphatic rings. The summed E-state index contributed by atoms with van der Waals surface area (Å²) in [5.74, 6) is -0.422. The highest BCUT2D eigenvalue weighted by atomic mass is 16.5.